The molecular formula is C18H23N3O2. The van der Waals surface area contributed by atoms with E-state index in [4.69, 9.17) is 4.74 Å². The number of rotatable bonds is 7. The van der Waals surface area contributed by atoms with Crippen molar-refractivity contribution in [2.45, 2.75) is 33.1 Å². The Bertz CT molecular complexity index is 656. The minimum absolute atomic E-state index is 0.195. The standard InChI is InChI=1S/C18H23N3O2/c1-13(2)23-12-15-8-5-4-7-14(15)11-20-17-10-6-9-16(21-17)18(22)19-3/h4-10,13H,11-12H2,1-3H3,(H,19,22)(H,20,21). The van der Waals surface area contributed by atoms with Crippen LogP contribution in [-0.2, 0) is 17.9 Å². The van der Waals surface area contributed by atoms with Gasteiger partial charge in [0.25, 0.3) is 5.91 Å². The average molecular weight is 313 g/mol. The molecule has 0 unspecified atom stereocenters. The third kappa shape index (κ3) is 5.07. The highest BCUT2D eigenvalue weighted by atomic mass is 16.5. The fraction of sp³-hybridized carbons (Fsp3) is 0.333. The summed E-state index contributed by atoms with van der Waals surface area (Å²) in [6.07, 6.45) is 0.196. The van der Waals surface area contributed by atoms with Crippen LogP contribution < -0.4 is 10.6 Å². The first-order chi connectivity index (χ1) is 11.1. The highest BCUT2D eigenvalue weighted by Gasteiger charge is 2.07. The Hall–Kier alpha value is -2.40. The molecule has 1 amide bonds. The van der Waals surface area contributed by atoms with Gasteiger partial charge in [0.1, 0.15) is 11.5 Å². The first kappa shape index (κ1) is 17.0. The maximum absolute atomic E-state index is 11.6. The van der Waals surface area contributed by atoms with E-state index in [-0.39, 0.29) is 12.0 Å². The highest BCUT2D eigenvalue weighted by Crippen LogP contribution is 2.14. The molecule has 0 radical (unpaired) electrons. The molecule has 1 aromatic heterocycles. The lowest BCUT2D eigenvalue weighted by atomic mass is 10.1. The molecule has 0 bridgehead atoms. The van der Waals surface area contributed by atoms with Crippen molar-refractivity contribution in [2.75, 3.05) is 12.4 Å². The molecule has 0 saturated heterocycles. The van der Waals surface area contributed by atoms with Gasteiger partial charge in [-0.25, -0.2) is 4.98 Å². The molecule has 0 fully saturated rings. The van der Waals surface area contributed by atoms with Crippen molar-refractivity contribution in [3.8, 4) is 0 Å². The zero-order chi connectivity index (χ0) is 16.7. The largest absolute Gasteiger partial charge is 0.374 e. The lowest BCUT2D eigenvalue weighted by molar-refractivity contribution is 0.0653. The van der Waals surface area contributed by atoms with Gasteiger partial charge in [-0.05, 0) is 37.1 Å². The molecule has 0 aliphatic carbocycles. The molecule has 2 aromatic rings. The van der Waals surface area contributed by atoms with Gasteiger partial charge in [0.2, 0.25) is 0 Å². The van der Waals surface area contributed by atoms with Gasteiger partial charge in [0.15, 0.2) is 0 Å². The van der Waals surface area contributed by atoms with Gasteiger partial charge >= 0.3 is 0 Å². The van der Waals surface area contributed by atoms with E-state index < -0.39 is 0 Å². The van der Waals surface area contributed by atoms with Crippen LogP contribution >= 0.6 is 0 Å². The van der Waals surface area contributed by atoms with Gasteiger partial charge in [0.05, 0.1) is 12.7 Å². The first-order valence-electron chi connectivity index (χ1n) is 7.71. The van der Waals surface area contributed by atoms with E-state index in [0.29, 0.717) is 24.7 Å². The van der Waals surface area contributed by atoms with Crippen LogP contribution in [-0.4, -0.2) is 24.0 Å². The highest BCUT2D eigenvalue weighted by molar-refractivity contribution is 5.92. The Kier molecular flexibility index (Phi) is 6.11. The maximum Gasteiger partial charge on any atom is 0.269 e. The molecule has 23 heavy (non-hydrogen) atoms. The molecule has 1 heterocycles. The van der Waals surface area contributed by atoms with E-state index in [9.17, 15) is 4.79 Å². The van der Waals surface area contributed by atoms with Crippen molar-refractivity contribution >= 4 is 11.7 Å². The maximum atomic E-state index is 11.6. The van der Waals surface area contributed by atoms with E-state index in [1.165, 1.54) is 0 Å². The van der Waals surface area contributed by atoms with Crippen LogP contribution in [0.5, 0.6) is 0 Å². The fourth-order valence-corrected chi connectivity index (χ4v) is 2.10. The van der Waals surface area contributed by atoms with E-state index in [1.54, 1.807) is 13.1 Å². The minimum atomic E-state index is -0.195. The quantitative estimate of drug-likeness (QED) is 0.825. The predicted octanol–water partition coefficient (Wildman–Crippen LogP) is 2.98. The smallest absolute Gasteiger partial charge is 0.269 e. The third-order valence-corrected chi connectivity index (χ3v) is 3.36. The molecule has 5 heteroatoms. The van der Waals surface area contributed by atoms with Crippen LogP contribution in [0.2, 0.25) is 0 Å². The number of anilines is 1. The summed E-state index contributed by atoms with van der Waals surface area (Å²) in [5, 5.41) is 5.83. The van der Waals surface area contributed by atoms with Crippen LogP contribution in [0.15, 0.2) is 42.5 Å². The normalized spacial score (nSPS) is 10.6. The molecule has 2 rings (SSSR count). The molecule has 2 N–H and O–H groups in total. The predicted molar refractivity (Wildman–Crippen MR) is 91.3 cm³/mol. The zero-order valence-corrected chi connectivity index (χ0v) is 13.8. The van der Waals surface area contributed by atoms with Crippen LogP contribution in [0.1, 0.15) is 35.5 Å². The molecule has 122 valence electrons. The van der Waals surface area contributed by atoms with E-state index in [2.05, 4.69) is 27.8 Å². The topological polar surface area (TPSA) is 63.2 Å². The van der Waals surface area contributed by atoms with Gasteiger partial charge in [-0.3, -0.25) is 4.79 Å². The second-order valence-electron chi connectivity index (χ2n) is 5.47. The molecule has 0 aliphatic heterocycles. The Morgan fingerprint density at radius 1 is 1.13 bits per heavy atom. The van der Waals surface area contributed by atoms with Crippen LogP contribution in [0.25, 0.3) is 0 Å². The number of nitrogens with zero attached hydrogens (tertiary/aromatic N) is 1. The molecule has 5 nitrogen and oxygen atoms in total. The monoisotopic (exact) mass is 313 g/mol. The van der Waals surface area contributed by atoms with Crippen LogP contribution in [0.3, 0.4) is 0 Å². The Balaban J connectivity index is 2.05. The first-order valence-corrected chi connectivity index (χ1v) is 7.71. The number of pyridine rings is 1. The third-order valence-electron chi connectivity index (χ3n) is 3.36. The van der Waals surface area contributed by atoms with Crippen LogP contribution in [0.4, 0.5) is 5.82 Å². The average Bonchev–Trinajstić information content (AvgIpc) is 2.58. The molecule has 0 saturated carbocycles. The number of hydrogen-bond acceptors (Lipinski definition) is 4. The summed E-state index contributed by atoms with van der Waals surface area (Å²) in [6, 6.07) is 13.5. The van der Waals surface area contributed by atoms with Gasteiger partial charge in [-0.2, -0.15) is 0 Å². The number of carbonyl (C=O) groups excluding carboxylic acids is 1. The summed E-state index contributed by atoms with van der Waals surface area (Å²) >= 11 is 0. The van der Waals surface area contributed by atoms with E-state index in [1.807, 2.05) is 38.1 Å². The summed E-state index contributed by atoms with van der Waals surface area (Å²) in [5.74, 6) is 0.477. The summed E-state index contributed by atoms with van der Waals surface area (Å²) in [5.41, 5.74) is 2.70. The van der Waals surface area contributed by atoms with Crippen molar-refractivity contribution in [3.63, 3.8) is 0 Å². The number of hydrogen-bond donors (Lipinski definition) is 2. The summed E-state index contributed by atoms with van der Waals surface area (Å²) < 4.78 is 5.69. The van der Waals surface area contributed by atoms with Crippen LogP contribution in [0, 0.1) is 0 Å². The fourth-order valence-electron chi connectivity index (χ4n) is 2.10. The number of carbonyl (C=O) groups is 1. The summed E-state index contributed by atoms with van der Waals surface area (Å²) in [6.45, 7) is 5.26. The zero-order valence-electron chi connectivity index (χ0n) is 13.8. The van der Waals surface area contributed by atoms with Crippen molar-refractivity contribution in [1.82, 2.24) is 10.3 Å². The van der Waals surface area contributed by atoms with Crippen molar-refractivity contribution in [3.05, 3.63) is 59.3 Å². The molecular weight excluding hydrogens is 290 g/mol. The Morgan fingerprint density at radius 2 is 1.87 bits per heavy atom. The SMILES string of the molecule is CNC(=O)c1cccc(NCc2ccccc2COC(C)C)n1. The minimum Gasteiger partial charge on any atom is -0.374 e. The van der Waals surface area contributed by atoms with Crippen molar-refractivity contribution in [2.24, 2.45) is 0 Å². The number of benzene rings is 1. The van der Waals surface area contributed by atoms with Gasteiger partial charge in [0, 0.05) is 13.6 Å². The van der Waals surface area contributed by atoms with Gasteiger partial charge in [-0.15, -0.1) is 0 Å². The summed E-state index contributed by atoms with van der Waals surface area (Å²) in [4.78, 5) is 15.9. The number of amides is 1. The van der Waals surface area contributed by atoms with Crippen molar-refractivity contribution in [1.29, 1.82) is 0 Å². The number of aromatic nitrogens is 1. The Morgan fingerprint density at radius 3 is 2.57 bits per heavy atom. The Labute approximate surface area is 137 Å². The molecule has 0 spiro atoms. The number of nitrogens with one attached hydrogen (secondary N) is 2. The summed E-state index contributed by atoms with van der Waals surface area (Å²) in [7, 11) is 1.59. The lowest BCUT2D eigenvalue weighted by Crippen LogP contribution is -2.19. The lowest BCUT2D eigenvalue weighted by Gasteiger charge is -2.13. The molecule has 1 aromatic carbocycles. The van der Waals surface area contributed by atoms with Crippen molar-refractivity contribution < 1.29 is 9.53 Å². The molecule has 0 aliphatic rings. The van der Waals surface area contributed by atoms with E-state index in [0.717, 1.165) is 11.1 Å². The second kappa shape index (κ2) is 8.29. The van der Waals surface area contributed by atoms with E-state index >= 15 is 0 Å². The van der Waals surface area contributed by atoms with Gasteiger partial charge < -0.3 is 15.4 Å². The number of ether oxygens (including phenoxy) is 1. The van der Waals surface area contributed by atoms with Gasteiger partial charge in [-0.1, -0.05) is 30.3 Å². The second-order valence-corrected chi connectivity index (χ2v) is 5.47. The molecule has 0 atom stereocenters.